The lowest BCUT2D eigenvalue weighted by Crippen LogP contribution is -2.36. The van der Waals surface area contributed by atoms with Gasteiger partial charge in [0.15, 0.2) is 5.82 Å². The molecule has 1 fully saturated rings. The largest absolute Gasteiger partial charge is 0.236 e. The fraction of sp³-hybridized carbons (Fsp3) is 0.393. The topological polar surface area (TPSA) is 49.6 Å². The summed E-state index contributed by atoms with van der Waals surface area (Å²) in [5, 5.41) is 8.90. The van der Waals surface area contributed by atoms with Crippen molar-refractivity contribution in [2.24, 2.45) is 5.92 Å². The standard InChI is InChI=1S/C28H30FN3/c1-3-7-20(2)28(14-5-4-6-15-28)25-12-10-21(11-13-25)24-18-31-27(32-19-24)22-8-9-23(17-30)26(29)16-22/h8-13,16,18-20H,3-7,14-15H2,1-2H3. The zero-order valence-corrected chi connectivity index (χ0v) is 18.9. The molecule has 0 N–H and O–H groups in total. The molecule has 3 aromatic rings. The second-order valence-corrected chi connectivity index (χ2v) is 9.09. The lowest BCUT2D eigenvalue weighted by atomic mass is 9.61. The fourth-order valence-electron chi connectivity index (χ4n) is 5.32. The van der Waals surface area contributed by atoms with Gasteiger partial charge in [0.2, 0.25) is 0 Å². The Labute approximate surface area is 190 Å². The third kappa shape index (κ3) is 4.30. The van der Waals surface area contributed by atoms with Crippen LogP contribution in [0.15, 0.2) is 54.9 Å². The highest BCUT2D eigenvalue weighted by molar-refractivity contribution is 5.64. The van der Waals surface area contributed by atoms with Gasteiger partial charge < -0.3 is 0 Å². The van der Waals surface area contributed by atoms with Gasteiger partial charge in [0.1, 0.15) is 11.9 Å². The average molecular weight is 428 g/mol. The van der Waals surface area contributed by atoms with Gasteiger partial charge in [-0.1, -0.05) is 70.2 Å². The zero-order chi connectivity index (χ0) is 22.6. The summed E-state index contributed by atoms with van der Waals surface area (Å²) in [6.07, 6.45) is 12.6. The molecule has 0 spiro atoms. The van der Waals surface area contributed by atoms with Crippen LogP contribution in [0.1, 0.15) is 69.9 Å². The van der Waals surface area contributed by atoms with Crippen LogP contribution in [0, 0.1) is 23.1 Å². The van der Waals surface area contributed by atoms with Crippen molar-refractivity contribution in [2.75, 3.05) is 0 Å². The summed E-state index contributed by atoms with van der Waals surface area (Å²) >= 11 is 0. The molecule has 1 saturated carbocycles. The molecule has 1 atom stereocenters. The smallest absolute Gasteiger partial charge is 0.159 e. The maximum absolute atomic E-state index is 13.9. The highest BCUT2D eigenvalue weighted by atomic mass is 19.1. The van der Waals surface area contributed by atoms with Crippen LogP contribution < -0.4 is 0 Å². The van der Waals surface area contributed by atoms with Gasteiger partial charge in [-0.3, -0.25) is 0 Å². The van der Waals surface area contributed by atoms with E-state index in [1.807, 2.05) is 6.07 Å². The molecule has 0 aliphatic heterocycles. The number of halogens is 1. The maximum atomic E-state index is 13.9. The van der Waals surface area contributed by atoms with Gasteiger partial charge in [-0.15, -0.1) is 0 Å². The lowest BCUT2D eigenvalue weighted by molar-refractivity contribution is 0.192. The van der Waals surface area contributed by atoms with E-state index in [0.29, 0.717) is 22.7 Å². The first-order valence-electron chi connectivity index (χ1n) is 11.7. The van der Waals surface area contributed by atoms with E-state index in [0.717, 1.165) is 11.1 Å². The monoisotopic (exact) mass is 427 g/mol. The van der Waals surface area contributed by atoms with E-state index in [-0.39, 0.29) is 5.56 Å². The summed E-state index contributed by atoms with van der Waals surface area (Å²) in [4.78, 5) is 8.88. The highest BCUT2D eigenvalue weighted by Gasteiger charge is 2.38. The van der Waals surface area contributed by atoms with Crippen molar-refractivity contribution in [1.29, 1.82) is 5.26 Å². The Bertz CT molecular complexity index is 1090. The summed E-state index contributed by atoms with van der Waals surface area (Å²) in [6.45, 7) is 4.72. The molecule has 3 nitrogen and oxygen atoms in total. The van der Waals surface area contributed by atoms with E-state index in [4.69, 9.17) is 5.26 Å². The Kier molecular flexibility index (Phi) is 6.65. The molecule has 4 rings (SSSR count). The molecular formula is C28H30FN3. The predicted octanol–water partition coefficient (Wildman–Crippen LogP) is 7.46. The molecule has 164 valence electrons. The van der Waals surface area contributed by atoms with Crippen molar-refractivity contribution in [1.82, 2.24) is 9.97 Å². The summed E-state index contributed by atoms with van der Waals surface area (Å²) in [6, 6.07) is 15.2. The number of aromatic nitrogens is 2. The highest BCUT2D eigenvalue weighted by Crippen LogP contribution is 2.47. The van der Waals surface area contributed by atoms with Gasteiger partial charge in [0.05, 0.1) is 5.56 Å². The van der Waals surface area contributed by atoms with Gasteiger partial charge in [0, 0.05) is 23.5 Å². The SMILES string of the molecule is CCCC(C)C1(c2ccc(-c3cnc(-c4ccc(C#N)c(F)c4)nc3)cc2)CCCCC1. The predicted molar refractivity (Wildman–Crippen MR) is 126 cm³/mol. The first-order chi connectivity index (χ1) is 15.6. The number of hydrogen-bond donors (Lipinski definition) is 0. The Hall–Kier alpha value is -3.06. The number of hydrogen-bond acceptors (Lipinski definition) is 3. The number of nitrogens with zero attached hydrogens (tertiary/aromatic N) is 3. The van der Waals surface area contributed by atoms with Crippen molar-refractivity contribution in [3.63, 3.8) is 0 Å². The van der Waals surface area contributed by atoms with E-state index in [1.165, 1.54) is 62.6 Å². The van der Waals surface area contributed by atoms with Crippen LogP contribution in [0.5, 0.6) is 0 Å². The zero-order valence-electron chi connectivity index (χ0n) is 18.9. The van der Waals surface area contributed by atoms with E-state index in [9.17, 15) is 4.39 Å². The second-order valence-electron chi connectivity index (χ2n) is 9.09. The van der Waals surface area contributed by atoms with E-state index < -0.39 is 5.82 Å². The average Bonchev–Trinajstić information content (AvgIpc) is 2.85. The molecule has 0 radical (unpaired) electrons. The molecule has 4 heteroatoms. The van der Waals surface area contributed by atoms with Crippen molar-refractivity contribution in [3.8, 4) is 28.6 Å². The molecule has 1 aliphatic carbocycles. The van der Waals surface area contributed by atoms with Crippen LogP contribution in [0.25, 0.3) is 22.5 Å². The van der Waals surface area contributed by atoms with Gasteiger partial charge >= 0.3 is 0 Å². The van der Waals surface area contributed by atoms with E-state index in [2.05, 4.69) is 48.1 Å². The molecule has 0 saturated heterocycles. The number of rotatable bonds is 6. The first kappa shape index (κ1) is 22.1. The fourth-order valence-corrected chi connectivity index (χ4v) is 5.32. The van der Waals surface area contributed by atoms with Gasteiger partial charge in [-0.2, -0.15) is 5.26 Å². The van der Waals surface area contributed by atoms with Crippen LogP contribution in [-0.4, -0.2) is 9.97 Å². The van der Waals surface area contributed by atoms with Gasteiger partial charge in [0.25, 0.3) is 0 Å². The van der Waals surface area contributed by atoms with Crippen molar-refractivity contribution in [3.05, 3.63) is 71.8 Å². The Morgan fingerprint density at radius 2 is 1.62 bits per heavy atom. The van der Waals surface area contributed by atoms with Gasteiger partial charge in [-0.05, 0) is 53.5 Å². The van der Waals surface area contributed by atoms with Crippen molar-refractivity contribution in [2.45, 2.75) is 64.2 Å². The van der Waals surface area contributed by atoms with E-state index in [1.54, 1.807) is 18.5 Å². The third-order valence-corrected chi connectivity index (χ3v) is 7.20. The van der Waals surface area contributed by atoms with Crippen molar-refractivity contribution >= 4 is 0 Å². The maximum Gasteiger partial charge on any atom is 0.159 e. The normalized spacial score (nSPS) is 16.3. The molecular weight excluding hydrogens is 397 g/mol. The Morgan fingerprint density at radius 1 is 0.969 bits per heavy atom. The molecule has 1 heterocycles. The molecule has 32 heavy (non-hydrogen) atoms. The molecule has 1 unspecified atom stereocenters. The Morgan fingerprint density at radius 3 is 2.22 bits per heavy atom. The minimum absolute atomic E-state index is 0.0226. The van der Waals surface area contributed by atoms with Crippen LogP contribution in [-0.2, 0) is 5.41 Å². The Balaban J connectivity index is 1.57. The van der Waals surface area contributed by atoms with Crippen LogP contribution in [0.3, 0.4) is 0 Å². The van der Waals surface area contributed by atoms with Crippen LogP contribution in [0.4, 0.5) is 4.39 Å². The molecule has 1 aliphatic rings. The second kappa shape index (κ2) is 9.61. The molecule has 0 bridgehead atoms. The quantitative estimate of drug-likeness (QED) is 0.410. The van der Waals surface area contributed by atoms with Gasteiger partial charge in [-0.25, -0.2) is 14.4 Å². The summed E-state index contributed by atoms with van der Waals surface area (Å²) in [7, 11) is 0. The van der Waals surface area contributed by atoms with Crippen LogP contribution >= 0.6 is 0 Å². The lowest BCUT2D eigenvalue weighted by Gasteiger charge is -2.43. The summed E-state index contributed by atoms with van der Waals surface area (Å²) < 4.78 is 13.9. The minimum atomic E-state index is -0.554. The third-order valence-electron chi connectivity index (χ3n) is 7.20. The molecule has 2 aromatic carbocycles. The summed E-state index contributed by atoms with van der Waals surface area (Å²) in [5.41, 5.74) is 4.37. The van der Waals surface area contributed by atoms with Crippen LogP contribution in [0.2, 0.25) is 0 Å². The van der Waals surface area contributed by atoms with E-state index >= 15 is 0 Å². The number of nitriles is 1. The molecule has 1 aromatic heterocycles. The number of benzene rings is 2. The van der Waals surface area contributed by atoms with Crippen molar-refractivity contribution < 1.29 is 4.39 Å². The molecule has 0 amide bonds. The first-order valence-corrected chi connectivity index (χ1v) is 11.7. The minimum Gasteiger partial charge on any atom is -0.236 e. The summed E-state index contributed by atoms with van der Waals surface area (Å²) in [5.74, 6) is 0.583.